The number of rotatable bonds is 6. The second-order valence-corrected chi connectivity index (χ2v) is 19.9. The molecule has 6 aliphatic carbocycles. The summed E-state index contributed by atoms with van der Waals surface area (Å²) in [6.07, 6.45) is 16.9. The van der Waals surface area contributed by atoms with Crippen LogP contribution >= 0.6 is 0 Å². The van der Waals surface area contributed by atoms with Crippen LogP contribution in [0.1, 0.15) is 130 Å². The van der Waals surface area contributed by atoms with Gasteiger partial charge >= 0.3 is 0 Å². The Labute approximate surface area is 261 Å². The molecule has 6 fully saturated rings. The molecule has 0 amide bonds. The first-order valence-electron chi connectivity index (χ1n) is 17.9. The molecule has 6 saturated carbocycles. The zero-order chi connectivity index (χ0) is 30.5. The Bertz CT molecular complexity index is 1290. The molecule has 0 radical (unpaired) electrons. The van der Waals surface area contributed by atoms with Gasteiger partial charge in [0.15, 0.2) is 9.84 Å². The van der Waals surface area contributed by atoms with Crippen LogP contribution in [0.2, 0.25) is 0 Å². The van der Waals surface area contributed by atoms with Crippen LogP contribution in [0.15, 0.2) is 35.2 Å². The summed E-state index contributed by atoms with van der Waals surface area (Å²) in [6.45, 7) is 9.37. The molecule has 0 aromatic heterocycles. The molecular weight excluding hydrogens is 552 g/mol. The Kier molecular flexibility index (Phi) is 7.36. The van der Waals surface area contributed by atoms with E-state index in [4.69, 9.17) is 0 Å². The van der Waals surface area contributed by atoms with Crippen molar-refractivity contribution in [1.82, 2.24) is 0 Å². The van der Waals surface area contributed by atoms with E-state index in [0.717, 1.165) is 63.2 Å². The van der Waals surface area contributed by atoms with E-state index in [9.17, 15) is 18.6 Å². The van der Waals surface area contributed by atoms with E-state index < -0.39 is 26.3 Å². The van der Waals surface area contributed by atoms with Gasteiger partial charge in [-0.15, -0.1) is 0 Å². The van der Waals surface area contributed by atoms with Crippen LogP contribution in [0.5, 0.6) is 0 Å². The zero-order valence-corrected chi connectivity index (χ0v) is 28.2. The highest BCUT2D eigenvalue weighted by Crippen LogP contribution is 2.69. The molecule has 5 heteroatoms. The standard InChI is InChI=1S/C38H58O4S/c1-26(33(43(41,42)28-8-6-5-7-9-28)25-38(40)22-20-37(18-19-37)21-23-38)30-12-13-31-29-11-10-27-24-34(2,39)16-17-35(27,3)32(29)14-15-36(30,31)4/h5-9,26-27,29-33,39-40H,10-25H2,1-4H3/t26-,27-,29-,30+,31-,32-,33?,34-,35-,36+/m0/s1. The quantitative estimate of drug-likeness (QED) is 0.339. The minimum absolute atomic E-state index is 0.00861. The largest absolute Gasteiger partial charge is 0.390 e. The monoisotopic (exact) mass is 610 g/mol. The van der Waals surface area contributed by atoms with Crippen molar-refractivity contribution in [2.45, 2.75) is 152 Å². The third kappa shape index (κ3) is 5.09. The third-order valence-electron chi connectivity index (χ3n) is 15.5. The van der Waals surface area contributed by atoms with Gasteiger partial charge in [0.1, 0.15) is 0 Å². The number of aliphatic hydroxyl groups is 2. The Morgan fingerprint density at radius 2 is 1.42 bits per heavy atom. The second-order valence-electron chi connectivity index (χ2n) is 17.8. The van der Waals surface area contributed by atoms with Gasteiger partial charge in [-0.3, -0.25) is 0 Å². The molecule has 0 bridgehead atoms. The number of sulfone groups is 1. The van der Waals surface area contributed by atoms with E-state index in [1.807, 2.05) is 25.1 Å². The fourth-order valence-electron chi connectivity index (χ4n) is 12.5. The van der Waals surface area contributed by atoms with Crippen LogP contribution in [0, 0.1) is 51.8 Å². The van der Waals surface area contributed by atoms with E-state index in [-0.39, 0.29) is 11.3 Å². The first kappa shape index (κ1) is 30.7. The lowest BCUT2D eigenvalue weighted by Gasteiger charge is -2.62. The minimum Gasteiger partial charge on any atom is -0.390 e. The molecular formula is C38H58O4S. The average molecular weight is 611 g/mol. The molecule has 10 atom stereocenters. The number of hydrogen-bond acceptors (Lipinski definition) is 4. The van der Waals surface area contributed by atoms with Gasteiger partial charge < -0.3 is 10.2 Å². The Balaban J connectivity index is 1.16. The molecule has 1 spiro atoms. The maximum atomic E-state index is 14.5. The highest BCUT2D eigenvalue weighted by molar-refractivity contribution is 7.92. The molecule has 4 nitrogen and oxygen atoms in total. The van der Waals surface area contributed by atoms with Gasteiger partial charge in [0.2, 0.25) is 0 Å². The fraction of sp³-hybridized carbons (Fsp3) is 0.842. The van der Waals surface area contributed by atoms with Gasteiger partial charge in [0, 0.05) is 0 Å². The summed E-state index contributed by atoms with van der Waals surface area (Å²) in [4.78, 5) is 0.424. The van der Waals surface area contributed by atoms with Crippen LogP contribution in [-0.4, -0.2) is 35.1 Å². The van der Waals surface area contributed by atoms with Crippen molar-refractivity contribution in [3.05, 3.63) is 30.3 Å². The maximum Gasteiger partial charge on any atom is 0.181 e. The summed E-state index contributed by atoms with van der Waals surface area (Å²) in [6, 6.07) is 9.12. The molecule has 0 saturated heterocycles. The molecule has 1 aromatic rings. The molecule has 1 unspecified atom stereocenters. The van der Waals surface area contributed by atoms with Crippen molar-refractivity contribution < 1.29 is 18.6 Å². The van der Waals surface area contributed by atoms with Gasteiger partial charge in [-0.2, -0.15) is 0 Å². The van der Waals surface area contributed by atoms with Gasteiger partial charge in [-0.1, -0.05) is 39.0 Å². The van der Waals surface area contributed by atoms with Crippen molar-refractivity contribution in [3.8, 4) is 0 Å². The SMILES string of the molecule is C[C@H](C(CC1(O)CCC2(CC1)CC2)S(=O)(=O)c1ccccc1)[C@H]1CC[C@H]2[C@@H]3CC[C@H]4C[C@@](C)(O)CC[C@]4(C)[C@H]3CC[C@]12C. The summed E-state index contributed by atoms with van der Waals surface area (Å²) < 4.78 is 29.0. The molecule has 240 valence electrons. The van der Waals surface area contributed by atoms with Crippen LogP contribution in [0.4, 0.5) is 0 Å². The van der Waals surface area contributed by atoms with Crippen molar-refractivity contribution in [1.29, 1.82) is 0 Å². The third-order valence-corrected chi connectivity index (χ3v) is 17.8. The first-order valence-corrected chi connectivity index (χ1v) is 19.5. The minimum atomic E-state index is -3.60. The van der Waals surface area contributed by atoms with Crippen LogP contribution in [0.3, 0.4) is 0 Å². The Hall–Kier alpha value is -0.910. The van der Waals surface area contributed by atoms with Crippen LogP contribution in [-0.2, 0) is 9.84 Å². The van der Waals surface area contributed by atoms with Crippen molar-refractivity contribution >= 4 is 9.84 Å². The van der Waals surface area contributed by atoms with Gasteiger partial charge in [0.25, 0.3) is 0 Å². The zero-order valence-electron chi connectivity index (χ0n) is 27.4. The number of fused-ring (bicyclic) bond motifs is 5. The maximum absolute atomic E-state index is 14.5. The van der Waals surface area contributed by atoms with Gasteiger partial charge in [-0.05, 0) is 174 Å². The van der Waals surface area contributed by atoms with Crippen molar-refractivity contribution in [3.63, 3.8) is 0 Å². The van der Waals surface area contributed by atoms with Crippen LogP contribution < -0.4 is 0 Å². The summed E-state index contributed by atoms with van der Waals surface area (Å²) >= 11 is 0. The smallest absolute Gasteiger partial charge is 0.181 e. The Morgan fingerprint density at radius 3 is 2.09 bits per heavy atom. The predicted octanol–water partition coefficient (Wildman–Crippen LogP) is 8.35. The van der Waals surface area contributed by atoms with Crippen molar-refractivity contribution in [2.75, 3.05) is 0 Å². The summed E-state index contributed by atoms with van der Waals surface area (Å²) in [5.41, 5.74) is -0.435. The predicted molar refractivity (Wildman–Crippen MR) is 172 cm³/mol. The highest BCUT2D eigenvalue weighted by atomic mass is 32.2. The average Bonchev–Trinajstić information content (AvgIpc) is 3.65. The molecule has 43 heavy (non-hydrogen) atoms. The van der Waals surface area contributed by atoms with E-state index in [1.54, 1.807) is 12.1 Å². The topological polar surface area (TPSA) is 74.6 Å². The summed E-state index contributed by atoms with van der Waals surface area (Å²) in [5, 5.41) is 22.3. The summed E-state index contributed by atoms with van der Waals surface area (Å²) in [7, 11) is -3.60. The molecule has 0 heterocycles. The molecule has 2 N–H and O–H groups in total. The molecule has 0 aliphatic heterocycles. The fourth-order valence-corrected chi connectivity index (χ4v) is 14.6. The first-order chi connectivity index (χ1) is 20.2. The van der Waals surface area contributed by atoms with Gasteiger partial charge in [0.05, 0.1) is 21.3 Å². The lowest BCUT2D eigenvalue weighted by atomic mass is 9.43. The Morgan fingerprint density at radius 1 is 0.767 bits per heavy atom. The molecule has 6 aliphatic rings. The number of hydrogen-bond donors (Lipinski definition) is 2. The van der Waals surface area contributed by atoms with Crippen LogP contribution in [0.25, 0.3) is 0 Å². The summed E-state index contributed by atoms with van der Waals surface area (Å²) in [5.74, 6) is 3.12. The van der Waals surface area contributed by atoms with E-state index >= 15 is 0 Å². The van der Waals surface area contributed by atoms with E-state index in [2.05, 4.69) is 20.8 Å². The van der Waals surface area contributed by atoms with E-state index in [1.165, 1.54) is 44.9 Å². The highest BCUT2D eigenvalue weighted by Gasteiger charge is 2.62. The van der Waals surface area contributed by atoms with E-state index in [0.29, 0.717) is 39.9 Å². The molecule has 1 aromatic carbocycles. The second kappa shape index (κ2) is 10.3. The lowest BCUT2D eigenvalue weighted by molar-refractivity contribution is -0.148. The normalized spacial score (nSPS) is 44.6. The van der Waals surface area contributed by atoms with Gasteiger partial charge in [-0.25, -0.2) is 8.42 Å². The lowest BCUT2D eigenvalue weighted by Crippen LogP contribution is -2.56. The molecule has 7 rings (SSSR count). The van der Waals surface area contributed by atoms with Crippen molar-refractivity contribution in [2.24, 2.45) is 51.8 Å². The number of benzene rings is 1.